The molecule has 1 rings (SSSR count). The highest BCUT2D eigenvalue weighted by molar-refractivity contribution is 6.31. The van der Waals surface area contributed by atoms with Crippen molar-refractivity contribution >= 4 is 11.6 Å². The molecule has 0 atom stereocenters. The summed E-state index contributed by atoms with van der Waals surface area (Å²) in [6.45, 7) is 8.29. The normalized spacial score (nSPS) is 11.1. The van der Waals surface area contributed by atoms with Crippen molar-refractivity contribution in [1.29, 1.82) is 0 Å². The molecule has 0 N–H and O–H groups in total. The molecule has 1 nitrogen and oxygen atoms in total. The zero-order valence-corrected chi connectivity index (χ0v) is 9.93. The van der Waals surface area contributed by atoms with E-state index >= 15 is 0 Å². The van der Waals surface area contributed by atoms with Crippen molar-refractivity contribution in [3.8, 4) is 5.75 Å². The summed E-state index contributed by atoms with van der Waals surface area (Å²) >= 11 is 6.07. The first-order valence-electron chi connectivity index (χ1n) is 4.96. The molecular formula is C12H17ClO. The molecule has 0 amide bonds. The fraction of sp³-hybridized carbons (Fsp3) is 0.500. The molecule has 0 aliphatic rings. The Hall–Kier alpha value is -0.690. The van der Waals surface area contributed by atoms with Gasteiger partial charge in [0.1, 0.15) is 5.75 Å². The molecule has 0 aromatic heterocycles. The number of hydrogen-bond donors (Lipinski definition) is 0. The van der Waals surface area contributed by atoms with Gasteiger partial charge in [0, 0.05) is 5.02 Å². The zero-order chi connectivity index (χ0) is 10.7. The predicted molar refractivity (Wildman–Crippen MR) is 61.3 cm³/mol. The van der Waals surface area contributed by atoms with Crippen molar-refractivity contribution in [2.24, 2.45) is 0 Å². The summed E-state index contributed by atoms with van der Waals surface area (Å²) in [5.41, 5.74) is 1.14. The third-order valence-electron chi connectivity index (χ3n) is 1.96. The summed E-state index contributed by atoms with van der Waals surface area (Å²) in [5.74, 6) is 1.33. The summed E-state index contributed by atoms with van der Waals surface area (Å²) in [6.07, 6.45) is 0.205. The second-order valence-electron chi connectivity index (χ2n) is 4.00. The molecule has 0 heterocycles. The quantitative estimate of drug-likeness (QED) is 0.728. The van der Waals surface area contributed by atoms with Crippen LogP contribution in [-0.4, -0.2) is 6.10 Å². The highest BCUT2D eigenvalue weighted by atomic mass is 35.5. The van der Waals surface area contributed by atoms with E-state index in [1.807, 2.05) is 32.0 Å². The van der Waals surface area contributed by atoms with Crippen molar-refractivity contribution in [3.63, 3.8) is 0 Å². The Bertz CT molecular complexity index is 305. The van der Waals surface area contributed by atoms with Crippen LogP contribution in [-0.2, 0) is 0 Å². The predicted octanol–water partition coefficient (Wildman–Crippen LogP) is 4.25. The highest BCUT2D eigenvalue weighted by Gasteiger charge is 2.07. The van der Waals surface area contributed by atoms with Crippen LogP contribution in [0.4, 0.5) is 0 Å². The third-order valence-corrected chi connectivity index (χ3v) is 2.31. The molecule has 0 saturated heterocycles. The van der Waals surface area contributed by atoms with Gasteiger partial charge < -0.3 is 4.74 Å². The van der Waals surface area contributed by atoms with E-state index in [4.69, 9.17) is 16.3 Å². The van der Waals surface area contributed by atoms with Gasteiger partial charge in [-0.05, 0) is 43.5 Å². The zero-order valence-electron chi connectivity index (χ0n) is 9.17. The van der Waals surface area contributed by atoms with Gasteiger partial charge in [-0.2, -0.15) is 0 Å². The van der Waals surface area contributed by atoms with E-state index in [0.29, 0.717) is 5.92 Å². The van der Waals surface area contributed by atoms with Crippen molar-refractivity contribution in [1.82, 2.24) is 0 Å². The lowest BCUT2D eigenvalue weighted by Gasteiger charge is -2.13. The highest BCUT2D eigenvalue weighted by Crippen LogP contribution is 2.28. The van der Waals surface area contributed by atoms with Crippen molar-refractivity contribution in [2.75, 3.05) is 0 Å². The Kier molecular flexibility index (Phi) is 3.82. The Morgan fingerprint density at radius 2 is 1.79 bits per heavy atom. The van der Waals surface area contributed by atoms with Crippen LogP contribution in [0, 0.1) is 0 Å². The van der Waals surface area contributed by atoms with Gasteiger partial charge in [-0.25, -0.2) is 0 Å². The Morgan fingerprint density at radius 1 is 1.14 bits per heavy atom. The van der Waals surface area contributed by atoms with Crippen LogP contribution >= 0.6 is 11.6 Å². The van der Waals surface area contributed by atoms with E-state index in [-0.39, 0.29) is 6.10 Å². The molecular weight excluding hydrogens is 196 g/mol. The van der Waals surface area contributed by atoms with E-state index in [2.05, 4.69) is 13.8 Å². The van der Waals surface area contributed by atoms with Gasteiger partial charge in [0.25, 0.3) is 0 Å². The minimum atomic E-state index is 0.205. The fourth-order valence-corrected chi connectivity index (χ4v) is 1.65. The number of rotatable bonds is 3. The van der Waals surface area contributed by atoms with E-state index in [0.717, 1.165) is 16.3 Å². The van der Waals surface area contributed by atoms with Crippen molar-refractivity contribution in [2.45, 2.75) is 39.7 Å². The van der Waals surface area contributed by atoms with Crippen LogP contribution in [0.15, 0.2) is 18.2 Å². The van der Waals surface area contributed by atoms with Crippen molar-refractivity contribution in [3.05, 3.63) is 28.8 Å². The molecule has 0 bridgehead atoms. The molecule has 1 aromatic rings. The van der Waals surface area contributed by atoms with Gasteiger partial charge in [-0.15, -0.1) is 0 Å². The average Bonchev–Trinajstić information content (AvgIpc) is 2.07. The Balaban J connectivity index is 2.94. The summed E-state index contributed by atoms with van der Waals surface area (Å²) in [7, 11) is 0. The van der Waals surface area contributed by atoms with Crippen LogP contribution in [0.1, 0.15) is 39.2 Å². The number of halogens is 1. The van der Waals surface area contributed by atoms with Gasteiger partial charge >= 0.3 is 0 Å². The maximum atomic E-state index is 6.07. The van der Waals surface area contributed by atoms with Gasteiger partial charge in [0.2, 0.25) is 0 Å². The topological polar surface area (TPSA) is 9.23 Å². The van der Waals surface area contributed by atoms with Crippen LogP contribution in [0.25, 0.3) is 0 Å². The smallest absolute Gasteiger partial charge is 0.120 e. The van der Waals surface area contributed by atoms with Crippen LogP contribution < -0.4 is 4.74 Å². The van der Waals surface area contributed by atoms with Crippen LogP contribution in [0.3, 0.4) is 0 Å². The van der Waals surface area contributed by atoms with Gasteiger partial charge in [0.15, 0.2) is 0 Å². The first-order valence-corrected chi connectivity index (χ1v) is 5.34. The maximum Gasteiger partial charge on any atom is 0.120 e. The molecule has 0 radical (unpaired) electrons. The summed E-state index contributed by atoms with van der Waals surface area (Å²) in [5, 5.41) is 0.816. The van der Waals surface area contributed by atoms with E-state index in [1.165, 1.54) is 0 Å². The van der Waals surface area contributed by atoms with Crippen LogP contribution in [0.5, 0.6) is 5.75 Å². The first-order chi connectivity index (χ1) is 6.50. The third kappa shape index (κ3) is 2.91. The molecule has 1 aromatic carbocycles. The minimum absolute atomic E-state index is 0.205. The van der Waals surface area contributed by atoms with E-state index in [1.54, 1.807) is 0 Å². The standard InChI is InChI=1S/C12H17ClO/c1-8(2)11-7-10(14-9(3)4)5-6-12(11)13/h5-9H,1-4H3. The first kappa shape index (κ1) is 11.4. The van der Waals surface area contributed by atoms with Gasteiger partial charge in [-0.3, -0.25) is 0 Å². The molecule has 0 spiro atoms. The molecule has 0 aliphatic heterocycles. The minimum Gasteiger partial charge on any atom is -0.491 e. The monoisotopic (exact) mass is 212 g/mol. The van der Waals surface area contributed by atoms with Crippen molar-refractivity contribution < 1.29 is 4.74 Å². The lowest BCUT2D eigenvalue weighted by molar-refractivity contribution is 0.242. The Morgan fingerprint density at radius 3 is 2.29 bits per heavy atom. The van der Waals surface area contributed by atoms with E-state index in [9.17, 15) is 0 Å². The number of benzene rings is 1. The average molecular weight is 213 g/mol. The summed E-state index contributed by atoms with van der Waals surface area (Å²) in [4.78, 5) is 0. The van der Waals surface area contributed by atoms with E-state index < -0.39 is 0 Å². The molecule has 78 valence electrons. The van der Waals surface area contributed by atoms with Gasteiger partial charge in [0.05, 0.1) is 6.10 Å². The lowest BCUT2D eigenvalue weighted by Crippen LogP contribution is -2.05. The summed E-state index contributed by atoms with van der Waals surface area (Å²) < 4.78 is 5.60. The SMILES string of the molecule is CC(C)Oc1ccc(Cl)c(C(C)C)c1. The largest absolute Gasteiger partial charge is 0.491 e. The molecule has 0 fully saturated rings. The fourth-order valence-electron chi connectivity index (χ4n) is 1.31. The molecule has 2 heteroatoms. The second kappa shape index (κ2) is 4.70. The maximum absolute atomic E-state index is 6.07. The van der Waals surface area contributed by atoms with Gasteiger partial charge in [-0.1, -0.05) is 25.4 Å². The molecule has 0 saturated carbocycles. The number of hydrogen-bond acceptors (Lipinski definition) is 1. The lowest BCUT2D eigenvalue weighted by atomic mass is 10.0. The molecule has 14 heavy (non-hydrogen) atoms. The van der Waals surface area contributed by atoms with Crippen LogP contribution in [0.2, 0.25) is 5.02 Å². The number of ether oxygens (including phenoxy) is 1. The summed E-state index contributed by atoms with van der Waals surface area (Å²) in [6, 6.07) is 5.83. The second-order valence-corrected chi connectivity index (χ2v) is 4.41. The molecule has 0 unspecified atom stereocenters. The Labute approximate surface area is 91.0 Å². The molecule has 0 aliphatic carbocycles.